The molecule has 2 unspecified atom stereocenters. The van der Waals surface area contributed by atoms with Crippen LogP contribution in [0.5, 0.6) is 0 Å². The summed E-state index contributed by atoms with van der Waals surface area (Å²) in [6.07, 6.45) is 4.13. The molecule has 26 heavy (non-hydrogen) atoms. The van der Waals surface area contributed by atoms with E-state index in [-0.39, 0.29) is 17.5 Å². The van der Waals surface area contributed by atoms with Crippen LogP contribution in [0, 0.1) is 17.2 Å². The van der Waals surface area contributed by atoms with Gasteiger partial charge in [-0.3, -0.25) is 9.48 Å². The lowest BCUT2D eigenvalue weighted by Crippen LogP contribution is -2.29. The van der Waals surface area contributed by atoms with E-state index in [1.165, 1.54) is 11.8 Å². The lowest BCUT2D eigenvalue weighted by molar-refractivity contribution is 0.0342. The number of nitrogens with one attached hydrogen (secondary N) is 1. The first-order valence-corrected chi connectivity index (χ1v) is 9.60. The van der Waals surface area contributed by atoms with Gasteiger partial charge in [0.1, 0.15) is 5.56 Å². The van der Waals surface area contributed by atoms with Crippen molar-refractivity contribution in [3.63, 3.8) is 0 Å². The minimum absolute atomic E-state index is 0.226. The van der Waals surface area contributed by atoms with E-state index in [1.54, 1.807) is 23.0 Å². The van der Waals surface area contributed by atoms with Gasteiger partial charge < -0.3 is 15.8 Å². The minimum atomic E-state index is -0.594. The molecule has 0 aliphatic carbocycles. The molecule has 2 aromatic rings. The quantitative estimate of drug-likeness (QED) is 0.758. The predicted octanol–water partition coefficient (Wildman–Crippen LogP) is 3.20. The first-order valence-electron chi connectivity index (χ1n) is 8.00. The Labute approximate surface area is 160 Å². The molecule has 2 atom stereocenters. The summed E-state index contributed by atoms with van der Waals surface area (Å²) < 4.78 is 7.07. The Bertz CT molecular complexity index is 863. The van der Waals surface area contributed by atoms with Gasteiger partial charge in [0.05, 0.1) is 29.7 Å². The third-order valence-corrected chi connectivity index (χ3v) is 5.46. The molecular formula is C17H18ClN5O2S. The molecule has 7 nitrogen and oxygen atoms in total. The summed E-state index contributed by atoms with van der Waals surface area (Å²) in [4.78, 5) is 12.7. The molecule has 1 saturated heterocycles. The van der Waals surface area contributed by atoms with Crippen LogP contribution < -0.4 is 11.1 Å². The van der Waals surface area contributed by atoms with E-state index >= 15 is 0 Å². The molecule has 3 N–H and O–H groups in total. The van der Waals surface area contributed by atoms with Crippen LogP contribution in [0.25, 0.3) is 0 Å². The Hall–Kier alpha value is -2.21. The third kappa shape index (κ3) is 3.80. The lowest BCUT2D eigenvalue weighted by Gasteiger charge is -2.26. The molecule has 136 valence electrons. The maximum atomic E-state index is 11.8. The number of nitriles is 1. The summed E-state index contributed by atoms with van der Waals surface area (Å²) in [5.74, 6) is -0.479. The number of thioether (sulfide) groups is 1. The molecule has 1 aromatic carbocycles. The van der Waals surface area contributed by atoms with Gasteiger partial charge in [-0.05, 0) is 30.9 Å². The van der Waals surface area contributed by atoms with Gasteiger partial charge in [0, 0.05) is 23.4 Å². The summed E-state index contributed by atoms with van der Waals surface area (Å²) in [6.45, 7) is 0.918. The van der Waals surface area contributed by atoms with Crippen molar-refractivity contribution in [3.8, 4) is 6.07 Å². The fraction of sp³-hybridized carbons (Fsp3) is 0.353. The van der Waals surface area contributed by atoms with Crippen LogP contribution in [0.3, 0.4) is 0 Å². The smallest absolute Gasteiger partial charge is 0.254 e. The Morgan fingerprint density at radius 3 is 3.08 bits per heavy atom. The van der Waals surface area contributed by atoms with E-state index in [0.29, 0.717) is 30.5 Å². The monoisotopic (exact) mass is 391 g/mol. The Morgan fingerprint density at radius 1 is 1.58 bits per heavy atom. The second-order valence-electron chi connectivity index (χ2n) is 5.88. The van der Waals surface area contributed by atoms with Gasteiger partial charge in [-0.1, -0.05) is 11.6 Å². The van der Waals surface area contributed by atoms with E-state index in [2.05, 4.69) is 16.5 Å². The van der Waals surface area contributed by atoms with Gasteiger partial charge in [0.15, 0.2) is 5.82 Å². The van der Waals surface area contributed by atoms with Crippen molar-refractivity contribution in [3.05, 3.63) is 35.0 Å². The lowest BCUT2D eigenvalue weighted by atomic mass is 9.97. The van der Waals surface area contributed by atoms with E-state index in [9.17, 15) is 10.1 Å². The number of ether oxygens (including phenoxy) is 1. The summed E-state index contributed by atoms with van der Waals surface area (Å²) in [6, 6.07) is 7.48. The number of amides is 1. The zero-order valence-electron chi connectivity index (χ0n) is 14.1. The molecule has 2 heterocycles. The highest BCUT2D eigenvalue weighted by molar-refractivity contribution is 7.98. The molecule has 0 radical (unpaired) electrons. The van der Waals surface area contributed by atoms with E-state index < -0.39 is 5.91 Å². The maximum absolute atomic E-state index is 11.8. The van der Waals surface area contributed by atoms with Crippen molar-refractivity contribution in [2.24, 2.45) is 11.7 Å². The highest BCUT2D eigenvalue weighted by atomic mass is 35.5. The molecule has 1 aromatic heterocycles. The van der Waals surface area contributed by atoms with Gasteiger partial charge in [0.2, 0.25) is 0 Å². The van der Waals surface area contributed by atoms with Crippen molar-refractivity contribution < 1.29 is 9.53 Å². The fourth-order valence-corrected chi connectivity index (χ4v) is 3.70. The average Bonchev–Trinajstić information content (AvgIpc) is 3.07. The molecule has 0 saturated carbocycles. The SMILES string of the molecule is CSc1cc(Nc2nn(C3COCCC3C#N)cc2C(N)=O)ccc1Cl. The number of nitrogens with zero attached hydrogens (tertiary/aromatic N) is 3. The van der Waals surface area contributed by atoms with Crippen LogP contribution in [-0.2, 0) is 4.74 Å². The van der Waals surface area contributed by atoms with Gasteiger partial charge >= 0.3 is 0 Å². The molecule has 3 rings (SSSR count). The summed E-state index contributed by atoms with van der Waals surface area (Å²) in [5, 5.41) is 17.6. The number of halogens is 1. The molecule has 1 amide bonds. The second kappa shape index (κ2) is 7.99. The molecule has 1 aliphatic rings. The number of benzene rings is 1. The molecule has 1 aliphatic heterocycles. The van der Waals surface area contributed by atoms with Crippen LogP contribution in [0.4, 0.5) is 11.5 Å². The number of rotatable bonds is 5. The van der Waals surface area contributed by atoms with Crippen LogP contribution in [-0.4, -0.2) is 35.2 Å². The molecule has 0 bridgehead atoms. The third-order valence-electron chi connectivity index (χ3n) is 4.24. The van der Waals surface area contributed by atoms with Gasteiger partial charge in [-0.15, -0.1) is 11.8 Å². The highest BCUT2D eigenvalue weighted by Crippen LogP contribution is 2.31. The van der Waals surface area contributed by atoms with Gasteiger partial charge in [-0.25, -0.2) is 0 Å². The van der Waals surface area contributed by atoms with E-state index in [1.807, 2.05) is 12.3 Å². The predicted molar refractivity (Wildman–Crippen MR) is 101 cm³/mol. The molecule has 0 spiro atoms. The number of carbonyl (C=O) groups excluding carboxylic acids is 1. The van der Waals surface area contributed by atoms with E-state index in [4.69, 9.17) is 22.1 Å². The summed E-state index contributed by atoms with van der Waals surface area (Å²) >= 11 is 7.65. The zero-order chi connectivity index (χ0) is 18.7. The van der Waals surface area contributed by atoms with Crippen LogP contribution >= 0.6 is 23.4 Å². The van der Waals surface area contributed by atoms with Crippen molar-refractivity contribution in [2.45, 2.75) is 17.4 Å². The summed E-state index contributed by atoms with van der Waals surface area (Å²) in [7, 11) is 0. The summed E-state index contributed by atoms with van der Waals surface area (Å²) in [5.41, 5.74) is 6.50. The Morgan fingerprint density at radius 2 is 2.38 bits per heavy atom. The van der Waals surface area contributed by atoms with Gasteiger partial charge in [0.25, 0.3) is 5.91 Å². The van der Waals surface area contributed by atoms with Gasteiger partial charge in [-0.2, -0.15) is 10.4 Å². The number of carbonyl (C=O) groups is 1. The first-order chi connectivity index (χ1) is 12.5. The number of nitrogens with two attached hydrogens (primary N) is 1. The van der Waals surface area contributed by atoms with E-state index in [0.717, 1.165) is 10.6 Å². The largest absolute Gasteiger partial charge is 0.379 e. The first kappa shape index (κ1) is 18.6. The number of aromatic nitrogens is 2. The Kier molecular flexibility index (Phi) is 5.71. The molecular weight excluding hydrogens is 374 g/mol. The minimum Gasteiger partial charge on any atom is -0.379 e. The fourth-order valence-electron chi connectivity index (χ4n) is 2.84. The molecule has 9 heteroatoms. The number of hydrogen-bond acceptors (Lipinski definition) is 6. The van der Waals surface area contributed by atoms with Crippen LogP contribution in [0.2, 0.25) is 5.02 Å². The topological polar surface area (TPSA) is 106 Å². The van der Waals surface area contributed by atoms with Crippen molar-refractivity contribution in [2.75, 3.05) is 24.8 Å². The zero-order valence-corrected chi connectivity index (χ0v) is 15.7. The number of primary amides is 1. The number of hydrogen-bond donors (Lipinski definition) is 2. The van der Waals surface area contributed by atoms with Crippen molar-refractivity contribution in [1.29, 1.82) is 5.26 Å². The van der Waals surface area contributed by atoms with Crippen molar-refractivity contribution >= 4 is 40.8 Å². The standard InChI is InChI=1S/C17H18ClN5O2S/c1-26-15-6-11(2-3-13(15)18)21-17-12(16(20)24)8-23(22-17)14-9-25-5-4-10(14)7-19/h2-3,6,8,10,14H,4-5,9H2,1H3,(H2,20,24)(H,21,22). The normalized spacial score (nSPS) is 19.7. The van der Waals surface area contributed by atoms with Crippen LogP contribution in [0.1, 0.15) is 22.8 Å². The molecule has 1 fully saturated rings. The highest BCUT2D eigenvalue weighted by Gasteiger charge is 2.29. The Balaban J connectivity index is 1.93. The average molecular weight is 392 g/mol. The second-order valence-corrected chi connectivity index (χ2v) is 7.13. The van der Waals surface area contributed by atoms with Crippen LogP contribution in [0.15, 0.2) is 29.3 Å². The van der Waals surface area contributed by atoms with Crippen molar-refractivity contribution in [1.82, 2.24) is 9.78 Å². The maximum Gasteiger partial charge on any atom is 0.254 e. The number of anilines is 2.